The van der Waals surface area contributed by atoms with Crippen LogP contribution in [0.1, 0.15) is 13.3 Å². The molecule has 0 radical (unpaired) electrons. The molecule has 1 amide bonds. The van der Waals surface area contributed by atoms with Crippen LogP contribution in [0.25, 0.3) is 0 Å². The average molecular weight is 316 g/mol. The molecule has 1 aromatic heterocycles. The number of halogens is 1. The highest BCUT2D eigenvalue weighted by molar-refractivity contribution is 9.10. The molecule has 0 bridgehead atoms. The minimum atomic E-state index is -0.0417. The first-order valence-electron chi connectivity index (χ1n) is 5.78. The monoisotopic (exact) mass is 315 g/mol. The van der Waals surface area contributed by atoms with Gasteiger partial charge in [0, 0.05) is 26.8 Å². The Bertz CT molecular complexity index is 412. The summed E-state index contributed by atoms with van der Waals surface area (Å²) >= 11 is 3.42. The Morgan fingerprint density at radius 3 is 2.78 bits per heavy atom. The molecule has 0 fully saturated rings. The molecule has 6 nitrogen and oxygen atoms in total. The SMILES string of the molecule is CCCN(CC(=O)NC)c1nc(NC)ncc1Br. The van der Waals surface area contributed by atoms with Gasteiger partial charge < -0.3 is 15.5 Å². The number of carbonyl (C=O) groups excluding carboxylic acids is 1. The van der Waals surface area contributed by atoms with Gasteiger partial charge in [0.25, 0.3) is 0 Å². The summed E-state index contributed by atoms with van der Waals surface area (Å²) in [6, 6.07) is 0. The standard InChI is InChI=1S/C11H18BrN5O/c1-4-5-17(7-9(18)13-2)10-8(12)6-15-11(14-3)16-10/h6H,4-5,7H2,1-3H3,(H,13,18)(H,14,15,16). The average Bonchev–Trinajstić information content (AvgIpc) is 2.38. The zero-order valence-electron chi connectivity index (χ0n) is 10.8. The number of nitrogens with one attached hydrogen (secondary N) is 2. The lowest BCUT2D eigenvalue weighted by Crippen LogP contribution is -2.37. The maximum Gasteiger partial charge on any atom is 0.239 e. The maximum absolute atomic E-state index is 11.5. The number of amides is 1. The molecule has 0 saturated heterocycles. The molecule has 0 aliphatic carbocycles. The van der Waals surface area contributed by atoms with Gasteiger partial charge in [-0.3, -0.25) is 4.79 Å². The van der Waals surface area contributed by atoms with Crippen molar-refractivity contribution in [2.45, 2.75) is 13.3 Å². The van der Waals surface area contributed by atoms with Crippen LogP contribution in [-0.4, -0.2) is 43.1 Å². The quantitative estimate of drug-likeness (QED) is 0.826. The van der Waals surface area contributed by atoms with E-state index in [-0.39, 0.29) is 12.5 Å². The summed E-state index contributed by atoms with van der Waals surface area (Å²) in [5.41, 5.74) is 0. The Labute approximate surface area is 115 Å². The molecule has 100 valence electrons. The third-order valence-corrected chi connectivity index (χ3v) is 2.91. The second-order valence-electron chi connectivity index (χ2n) is 3.71. The van der Waals surface area contributed by atoms with E-state index in [1.165, 1.54) is 0 Å². The summed E-state index contributed by atoms with van der Waals surface area (Å²) in [5.74, 6) is 1.21. The Morgan fingerprint density at radius 1 is 1.50 bits per heavy atom. The Kier molecular flexibility index (Phi) is 5.84. The first-order chi connectivity index (χ1) is 8.62. The molecule has 0 saturated carbocycles. The summed E-state index contributed by atoms with van der Waals surface area (Å²) in [6.45, 7) is 3.10. The summed E-state index contributed by atoms with van der Waals surface area (Å²) in [4.78, 5) is 21.9. The fraction of sp³-hybridized carbons (Fsp3) is 0.545. The van der Waals surface area contributed by atoms with E-state index < -0.39 is 0 Å². The lowest BCUT2D eigenvalue weighted by Gasteiger charge is -2.23. The molecule has 0 unspecified atom stereocenters. The fourth-order valence-corrected chi connectivity index (χ4v) is 1.92. The number of hydrogen-bond acceptors (Lipinski definition) is 5. The second-order valence-corrected chi connectivity index (χ2v) is 4.56. The van der Waals surface area contributed by atoms with E-state index in [1.807, 2.05) is 4.90 Å². The first kappa shape index (κ1) is 14.7. The Hall–Kier alpha value is -1.37. The second kappa shape index (κ2) is 7.15. The lowest BCUT2D eigenvalue weighted by molar-refractivity contribution is -0.119. The highest BCUT2D eigenvalue weighted by Crippen LogP contribution is 2.24. The van der Waals surface area contributed by atoms with Gasteiger partial charge in [-0.2, -0.15) is 4.98 Å². The number of anilines is 2. The highest BCUT2D eigenvalue weighted by Gasteiger charge is 2.15. The molecule has 1 aromatic rings. The molecule has 18 heavy (non-hydrogen) atoms. The van der Waals surface area contributed by atoms with Crippen molar-refractivity contribution in [1.29, 1.82) is 0 Å². The van der Waals surface area contributed by atoms with Gasteiger partial charge in [-0.1, -0.05) is 6.92 Å². The molecular formula is C11H18BrN5O. The molecule has 1 rings (SSSR count). The number of rotatable bonds is 6. The van der Waals surface area contributed by atoms with Crippen molar-refractivity contribution < 1.29 is 4.79 Å². The molecule has 0 aliphatic heterocycles. The van der Waals surface area contributed by atoms with Crippen LogP contribution < -0.4 is 15.5 Å². The number of nitrogens with zero attached hydrogens (tertiary/aromatic N) is 3. The van der Waals surface area contributed by atoms with Crippen molar-refractivity contribution in [1.82, 2.24) is 15.3 Å². The molecule has 1 heterocycles. The molecule has 7 heteroatoms. The zero-order valence-corrected chi connectivity index (χ0v) is 12.4. The third kappa shape index (κ3) is 3.83. The van der Waals surface area contributed by atoms with Gasteiger partial charge in [0.15, 0.2) is 0 Å². The van der Waals surface area contributed by atoms with Crippen molar-refractivity contribution in [3.05, 3.63) is 10.7 Å². The molecule has 0 atom stereocenters. The van der Waals surface area contributed by atoms with Gasteiger partial charge in [-0.25, -0.2) is 4.98 Å². The number of hydrogen-bond donors (Lipinski definition) is 2. The molecular weight excluding hydrogens is 298 g/mol. The summed E-state index contributed by atoms with van der Waals surface area (Å²) in [7, 11) is 3.39. The smallest absolute Gasteiger partial charge is 0.239 e. The van der Waals surface area contributed by atoms with Crippen LogP contribution in [0.3, 0.4) is 0 Å². The summed E-state index contributed by atoms with van der Waals surface area (Å²) in [5, 5.41) is 5.51. The normalized spacial score (nSPS) is 10.0. The largest absolute Gasteiger partial charge is 0.358 e. The van der Waals surface area contributed by atoms with Crippen molar-refractivity contribution in [2.24, 2.45) is 0 Å². The first-order valence-corrected chi connectivity index (χ1v) is 6.57. The van der Waals surface area contributed by atoms with E-state index in [2.05, 4.69) is 43.5 Å². The lowest BCUT2D eigenvalue weighted by atomic mass is 10.3. The topological polar surface area (TPSA) is 70.2 Å². The van der Waals surface area contributed by atoms with Crippen molar-refractivity contribution in [3.63, 3.8) is 0 Å². The molecule has 0 aliphatic rings. The molecule has 2 N–H and O–H groups in total. The fourth-order valence-electron chi connectivity index (χ4n) is 1.48. The third-order valence-electron chi connectivity index (χ3n) is 2.36. The van der Waals surface area contributed by atoms with Crippen molar-refractivity contribution in [3.8, 4) is 0 Å². The zero-order chi connectivity index (χ0) is 13.5. The van der Waals surface area contributed by atoms with Crippen LogP contribution in [0.4, 0.5) is 11.8 Å². The van der Waals surface area contributed by atoms with Crippen LogP contribution in [0.5, 0.6) is 0 Å². The predicted molar refractivity (Wildman–Crippen MR) is 75.8 cm³/mol. The number of carbonyl (C=O) groups is 1. The Balaban J connectivity index is 2.99. The van der Waals surface area contributed by atoms with Crippen LogP contribution in [-0.2, 0) is 4.79 Å². The van der Waals surface area contributed by atoms with Crippen LogP contribution in [0.2, 0.25) is 0 Å². The van der Waals surface area contributed by atoms with Gasteiger partial charge in [-0.15, -0.1) is 0 Å². The van der Waals surface area contributed by atoms with Gasteiger partial charge >= 0.3 is 0 Å². The van der Waals surface area contributed by atoms with Crippen molar-refractivity contribution >= 4 is 33.6 Å². The molecule has 0 aromatic carbocycles. The van der Waals surface area contributed by atoms with Crippen molar-refractivity contribution in [2.75, 3.05) is 37.4 Å². The van der Waals surface area contributed by atoms with Crippen LogP contribution in [0.15, 0.2) is 10.7 Å². The van der Waals surface area contributed by atoms with E-state index in [0.717, 1.165) is 23.3 Å². The van der Waals surface area contributed by atoms with Gasteiger partial charge in [0.05, 0.1) is 11.0 Å². The minimum absolute atomic E-state index is 0.0417. The minimum Gasteiger partial charge on any atom is -0.358 e. The Morgan fingerprint density at radius 2 is 2.22 bits per heavy atom. The maximum atomic E-state index is 11.5. The number of likely N-dealkylation sites (N-methyl/N-ethyl adjacent to an activating group) is 1. The van der Waals surface area contributed by atoms with E-state index in [9.17, 15) is 4.79 Å². The highest BCUT2D eigenvalue weighted by atomic mass is 79.9. The van der Waals surface area contributed by atoms with E-state index >= 15 is 0 Å². The predicted octanol–water partition coefficient (Wildman–Crippen LogP) is 1.24. The molecule has 0 spiro atoms. The van der Waals surface area contributed by atoms with Gasteiger partial charge in [0.1, 0.15) is 5.82 Å². The van der Waals surface area contributed by atoms with Gasteiger partial charge in [0.2, 0.25) is 11.9 Å². The summed E-state index contributed by atoms with van der Waals surface area (Å²) < 4.78 is 0.777. The van der Waals surface area contributed by atoms with E-state index in [0.29, 0.717) is 5.95 Å². The van der Waals surface area contributed by atoms with E-state index in [1.54, 1.807) is 20.3 Å². The number of aromatic nitrogens is 2. The van der Waals surface area contributed by atoms with Crippen LogP contribution >= 0.6 is 15.9 Å². The van der Waals surface area contributed by atoms with Crippen LogP contribution in [0, 0.1) is 0 Å². The summed E-state index contributed by atoms with van der Waals surface area (Å²) in [6.07, 6.45) is 2.61. The van der Waals surface area contributed by atoms with Gasteiger partial charge in [-0.05, 0) is 22.4 Å². The van der Waals surface area contributed by atoms with E-state index in [4.69, 9.17) is 0 Å².